The zero-order valence-corrected chi connectivity index (χ0v) is 12.0. The van der Waals surface area contributed by atoms with E-state index in [-0.39, 0.29) is 11.8 Å². The molecule has 0 unspecified atom stereocenters. The lowest BCUT2D eigenvalue weighted by Gasteiger charge is -2.23. The number of hydrogen-bond acceptors (Lipinski definition) is 3. The third kappa shape index (κ3) is 3.54. The van der Waals surface area contributed by atoms with Gasteiger partial charge in [-0.1, -0.05) is 12.1 Å². The maximum atomic E-state index is 12.0. The molecule has 2 amide bonds. The summed E-state index contributed by atoms with van der Waals surface area (Å²) in [5, 5.41) is 2.73. The number of ether oxygens (including phenoxy) is 1. The minimum atomic E-state index is -0.950. The van der Waals surface area contributed by atoms with Gasteiger partial charge in [0.05, 0.1) is 11.3 Å². The largest absolute Gasteiger partial charge is 0.369 e. The fourth-order valence-corrected chi connectivity index (χ4v) is 1.39. The molecule has 0 radical (unpaired) electrons. The molecule has 0 bridgehead atoms. The van der Waals surface area contributed by atoms with Crippen molar-refractivity contribution in [3.8, 4) is 0 Å². The van der Waals surface area contributed by atoms with E-state index in [2.05, 4.69) is 5.32 Å². The first-order valence-electron chi connectivity index (χ1n) is 5.97. The Labute approximate surface area is 113 Å². The molecule has 5 heteroatoms. The van der Waals surface area contributed by atoms with E-state index < -0.39 is 5.60 Å². The topological polar surface area (TPSA) is 58.6 Å². The molecule has 104 valence electrons. The van der Waals surface area contributed by atoms with Crippen LogP contribution in [0.4, 0.5) is 5.69 Å². The number of carbonyl (C=O) groups excluding carboxylic acids is 2. The predicted octanol–water partition coefficient (Wildman–Crippen LogP) is 1.75. The van der Waals surface area contributed by atoms with Gasteiger partial charge in [0.15, 0.2) is 0 Å². The van der Waals surface area contributed by atoms with Gasteiger partial charge in [0.1, 0.15) is 5.60 Å². The Morgan fingerprint density at radius 1 is 1.21 bits per heavy atom. The van der Waals surface area contributed by atoms with Crippen molar-refractivity contribution in [2.24, 2.45) is 0 Å². The van der Waals surface area contributed by atoms with Gasteiger partial charge in [-0.2, -0.15) is 0 Å². The summed E-state index contributed by atoms with van der Waals surface area (Å²) in [5.41, 5.74) is -0.0158. The number of carbonyl (C=O) groups is 2. The van der Waals surface area contributed by atoms with E-state index in [4.69, 9.17) is 4.74 Å². The van der Waals surface area contributed by atoms with Crippen molar-refractivity contribution in [1.29, 1.82) is 0 Å². The summed E-state index contributed by atoms with van der Waals surface area (Å²) in [6.07, 6.45) is 0. The third-order valence-corrected chi connectivity index (χ3v) is 2.87. The summed E-state index contributed by atoms with van der Waals surface area (Å²) in [6, 6.07) is 6.90. The number of hydrogen-bond donors (Lipinski definition) is 1. The van der Waals surface area contributed by atoms with Gasteiger partial charge in [0.25, 0.3) is 11.8 Å². The molecule has 1 rings (SSSR count). The van der Waals surface area contributed by atoms with Crippen LogP contribution in [0.15, 0.2) is 24.3 Å². The highest BCUT2D eigenvalue weighted by Gasteiger charge is 2.28. The highest BCUT2D eigenvalue weighted by Crippen LogP contribution is 2.19. The van der Waals surface area contributed by atoms with Crippen LogP contribution in [0.5, 0.6) is 0 Å². The first-order valence-corrected chi connectivity index (χ1v) is 5.97. The molecule has 0 saturated heterocycles. The lowest BCUT2D eigenvalue weighted by Crippen LogP contribution is -2.39. The van der Waals surface area contributed by atoms with Crippen molar-refractivity contribution < 1.29 is 14.3 Å². The SMILES string of the molecule is COC(C)(C)C(=O)Nc1ccccc1C(=O)N(C)C. The van der Waals surface area contributed by atoms with E-state index in [0.717, 1.165) is 0 Å². The second kappa shape index (κ2) is 5.84. The molecule has 0 aromatic heterocycles. The number of para-hydroxylation sites is 1. The summed E-state index contributed by atoms with van der Waals surface area (Å²) in [6.45, 7) is 3.33. The molecular weight excluding hydrogens is 244 g/mol. The van der Waals surface area contributed by atoms with Crippen LogP contribution in [0.25, 0.3) is 0 Å². The molecule has 0 spiro atoms. The fraction of sp³-hybridized carbons (Fsp3) is 0.429. The predicted molar refractivity (Wildman–Crippen MR) is 74.2 cm³/mol. The molecule has 0 atom stereocenters. The van der Waals surface area contributed by atoms with Crippen molar-refractivity contribution in [2.75, 3.05) is 26.5 Å². The van der Waals surface area contributed by atoms with E-state index in [0.29, 0.717) is 11.3 Å². The number of methoxy groups -OCH3 is 1. The minimum Gasteiger partial charge on any atom is -0.369 e. The average molecular weight is 264 g/mol. The number of nitrogens with zero attached hydrogens (tertiary/aromatic N) is 1. The van der Waals surface area contributed by atoms with Gasteiger partial charge in [-0.05, 0) is 26.0 Å². The number of rotatable bonds is 4. The number of benzene rings is 1. The molecule has 5 nitrogen and oxygen atoms in total. The van der Waals surface area contributed by atoms with Crippen LogP contribution >= 0.6 is 0 Å². The number of amides is 2. The Morgan fingerprint density at radius 2 is 1.79 bits per heavy atom. The van der Waals surface area contributed by atoms with Crippen LogP contribution in [-0.2, 0) is 9.53 Å². The Morgan fingerprint density at radius 3 is 2.32 bits per heavy atom. The van der Waals surface area contributed by atoms with E-state index in [1.807, 2.05) is 0 Å². The normalized spacial score (nSPS) is 11.0. The smallest absolute Gasteiger partial charge is 0.256 e. The number of nitrogens with one attached hydrogen (secondary N) is 1. The van der Waals surface area contributed by atoms with Crippen molar-refractivity contribution in [3.05, 3.63) is 29.8 Å². The zero-order valence-electron chi connectivity index (χ0n) is 12.0. The Hall–Kier alpha value is -1.88. The Kier molecular flexibility index (Phi) is 4.67. The van der Waals surface area contributed by atoms with Crippen molar-refractivity contribution >= 4 is 17.5 Å². The summed E-state index contributed by atoms with van der Waals surface area (Å²) in [7, 11) is 4.80. The second-order valence-corrected chi connectivity index (χ2v) is 4.91. The molecular formula is C14H20N2O3. The van der Waals surface area contributed by atoms with Gasteiger partial charge in [0, 0.05) is 21.2 Å². The van der Waals surface area contributed by atoms with E-state index >= 15 is 0 Å². The lowest BCUT2D eigenvalue weighted by molar-refractivity contribution is -0.133. The Bertz CT molecular complexity index is 481. The van der Waals surface area contributed by atoms with Gasteiger partial charge in [-0.15, -0.1) is 0 Å². The molecule has 0 heterocycles. The quantitative estimate of drug-likeness (QED) is 0.901. The summed E-state index contributed by atoms with van der Waals surface area (Å²) in [4.78, 5) is 25.5. The van der Waals surface area contributed by atoms with Crippen LogP contribution in [0, 0.1) is 0 Å². The molecule has 0 aliphatic heterocycles. The molecule has 19 heavy (non-hydrogen) atoms. The van der Waals surface area contributed by atoms with E-state index in [1.165, 1.54) is 12.0 Å². The Balaban J connectivity index is 3.03. The van der Waals surface area contributed by atoms with Crippen LogP contribution in [-0.4, -0.2) is 43.5 Å². The fourth-order valence-electron chi connectivity index (χ4n) is 1.39. The molecule has 0 fully saturated rings. The monoisotopic (exact) mass is 264 g/mol. The molecule has 0 aliphatic carbocycles. The lowest BCUT2D eigenvalue weighted by atomic mass is 10.1. The van der Waals surface area contributed by atoms with Crippen LogP contribution < -0.4 is 5.32 Å². The van der Waals surface area contributed by atoms with Gasteiger partial charge < -0.3 is 15.0 Å². The highest BCUT2D eigenvalue weighted by atomic mass is 16.5. The standard InChI is InChI=1S/C14H20N2O3/c1-14(2,19-5)13(18)15-11-9-7-6-8-10(11)12(17)16(3)4/h6-9H,1-5H3,(H,15,18). The van der Waals surface area contributed by atoms with Crippen molar-refractivity contribution in [2.45, 2.75) is 19.4 Å². The van der Waals surface area contributed by atoms with E-state index in [1.54, 1.807) is 52.2 Å². The maximum absolute atomic E-state index is 12.0. The van der Waals surface area contributed by atoms with Crippen molar-refractivity contribution in [1.82, 2.24) is 4.90 Å². The van der Waals surface area contributed by atoms with Gasteiger partial charge in [-0.3, -0.25) is 9.59 Å². The maximum Gasteiger partial charge on any atom is 0.256 e. The molecule has 0 aliphatic rings. The first kappa shape index (κ1) is 15.2. The molecule has 0 saturated carbocycles. The highest BCUT2D eigenvalue weighted by molar-refractivity contribution is 6.05. The molecule has 1 aromatic rings. The van der Waals surface area contributed by atoms with Gasteiger partial charge >= 0.3 is 0 Å². The van der Waals surface area contributed by atoms with Crippen LogP contribution in [0.3, 0.4) is 0 Å². The molecule has 1 N–H and O–H groups in total. The first-order chi connectivity index (χ1) is 8.79. The van der Waals surface area contributed by atoms with Gasteiger partial charge in [0.2, 0.25) is 0 Å². The summed E-state index contributed by atoms with van der Waals surface area (Å²) >= 11 is 0. The van der Waals surface area contributed by atoms with Crippen LogP contribution in [0.2, 0.25) is 0 Å². The van der Waals surface area contributed by atoms with Crippen LogP contribution in [0.1, 0.15) is 24.2 Å². The summed E-state index contributed by atoms with van der Waals surface area (Å²) in [5.74, 6) is -0.458. The number of anilines is 1. The molecule has 1 aromatic carbocycles. The second-order valence-electron chi connectivity index (χ2n) is 4.91. The average Bonchev–Trinajstić information content (AvgIpc) is 2.38. The van der Waals surface area contributed by atoms with Gasteiger partial charge in [-0.25, -0.2) is 0 Å². The van der Waals surface area contributed by atoms with Crippen molar-refractivity contribution in [3.63, 3.8) is 0 Å². The zero-order chi connectivity index (χ0) is 14.6. The summed E-state index contributed by atoms with van der Waals surface area (Å²) < 4.78 is 5.11. The minimum absolute atomic E-state index is 0.161. The third-order valence-electron chi connectivity index (χ3n) is 2.87. The van der Waals surface area contributed by atoms with E-state index in [9.17, 15) is 9.59 Å².